The minimum Gasteiger partial charge on any atom is -0.467 e. The van der Waals surface area contributed by atoms with Crippen LogP contribution in [0.1, 0.15) is 25.5 Å². The van der Waals surface area contributed by atoms with Crippen LogP contribution in [0.4, 0.5) is 4.39 Å². The highest BCUT2D eigenvalue weighted by molar-refractivity contribution is 5.30. The summed E-state index contributed by atoms with van der Waals surface area (Å²) in [5.74, 6) is 0.101. The molecule has 1 atom stereocenters. The van der Waals surface area contributed by atoms with Crippen molar-refractivity contribution >= 4 is 0 Å². The Morgan fingerprint density at radius 2 is 2.20 bits per heavy atom. The van der Waals surface area contributed by atoms with Gasteiger partial charge in [-0.2, -0.15) is 0 Å². The van der Waals surface area contributed by atoms with Gasteiger partial charge < -0.3 is 15.2 Å². The van der Waals surface area contributed by atoms with Crippen LogP contribution in [0.5, 0.6) is 5.75 Å². The lowest BCUT2D eigenvalue weighted by Crippen LogP contribution is -2.08. The normalized spacial score (nSPS) is 12.5. The molecule has 0 bridgehead atoms. The largest absolute Gasteiger partial charge is 0.467 e. The van der Waals surface area contributed by atoms with Crippen molar-refractivity contribution in [3.63, 3.8) is 0 Å². The first kappa shape index (κ1) is 11.9. The van der Waals surface area contributed by atoms with E-state index in [1.807, 2.05) is 6.92 Å². The van der Waals surface area contributed by atoms with Crippen LogP contribution in [-0.2, 0) is 4.74 Å². The van der Waals surface area contributed by atoms with Gasteiger partial charge in [0.2, 0.25) is 0 Å². The van der Waals surface area contributed by atoms with Gasteiger partial charge in [-0.05, 0) is 19.9 Å². The average Bonchev–Trinajstić information content (AvgIpc) is 2.17. The highest BCUT2D eigenvalue weighted by Gasteiger charge is 2.07. The highest BCUT2D eigenvalue weighted by Crippen LogP contribution is 2.20. The topological polar surface area (TPSA) is 44.5 Å². The third-order valence-electron chi connectivity index (χ3n) is 1.98. The van der Waals surface area contributed by atoms with Gasteiger partial charge in [-0.15, -0.1) is 0 Å². The van der Waals surface area contributed by atoms with Gasteiger partial charge in [0.25, 0.3) is 0 Å². The van der Waals surface area contributed by atoms with Crippen LogP contribution in [-0.4, -0.2) is 13.4 Å². The fraction of sp³-hybridized carbons (Fsp3) is 0.455. The molecule has 4 heteroatoms. The lowest BCUT2D eigenvalue weighted by molar-refractivity contribution is 0.0222. The van der Waals surface area contributed by atoms with Crippen molar-refractivity contribution in [1.82, 2.24) is 0 Å². The Balaban J connectivity index is 2.65. The molecule has 0 fully saturated rings. The van der Waals surface area contributed by atoms with Crippen molar-refractivity contribution in [3.8, 4) is 5.75 Å². The Labute approximate surface area is 89.0 Å². The molecule has 0 amide bonds. The Morgan fingerprint density at radius 3 is 2.73 bits per heavy atom. The van der Waals surface area contributed by atoms with E-state index in [1.165, 1.54) is 6.07 Å². The van der Waals surface area contributed by atoms with E-state index >= 15 is 0 Å². The zero-order chi connectivity index (χ0) is 11.3. The summed E-state index contributed by atoms with van der Waals surface area (Å²) in [6, 6.07) is 4.31. The SMILES string of the molecule is CCOCOc1ccc([C@H](C)N)c(F)c1. The molecule has 1 rings (SSSR count). The van der Waals surface area contributed by atoms with E-state index in [-0.39, 0.29) is 18.7 Å². The molecule has 0 aliphatic heterocycles. The first-order valence-corrected chi connectivity index (χ1v) is 4.90. The minimum absolute atomic E-state index is 0.132. The third kappa shape index (κ3) is 3.49. The molecule has 2 N–H and O–H groups in total. The summed E-state index contributed by atoms with van der Waals surface area (Å²) in [7, 11) is 0. The smallest absolute Gasteiger partial charge is 0.189 e. The fourth-order valence-electron chi connectivity index (χ4n) is 1.16. The Kier molecular flexibility index (Phi) is 4.52. The summed E-state index contributed by atoms with van der Waals surface area (Å²) in [6.07, 6.45) is 0. The van der Waals surface area contributed by atoms with Crippen LogP contribution < -0.4 is 10.5 Å². The molecule has 0 radical (unpaired) electrons. The van der Waals surface area contributed by atoms with Crippen molar-refractivity contribution in [3.05, 3.63) is 29.6 Å². The molecule has 0 saturated heterocycles. The monoisotopic (exact) mass is 213 g/mol. The van der Waals surface area contributed by atoms with Crippen LogP contribution in [0, 0.1) is 5.82 Å². The number of nitrogens with two attached hydrogens (primary N) is 1. The fourth-order valence-corrected chi connectivity index (χ4v) is 1.16. The van der Waals surface area contributed by atoms with Gasteiger partial charge in [-0.25, -0.2) is 4.39 Å². The minimum atomic E-state index is -0.348. The van der Waals surface area contributed by atoms with Crippen LogP contribution in [0.25, 0.3) is 0 Å². The van der Waals surface area contributed by atoms with E-state index in [1.54, 1.807) is 19.1 Å². The lowest BCUT2D eigenvalue weighted by atomic mass is 10.1. The van der Waals surface area contributed by atoms with Crippen molar-refractivity contribution in [2.75, 3.05) is 13.4 Å². The lowest BCUT2D eigenvalue weighted by Gasteiger charge is -2.10. The standard InChI is InChI=1S/C11H16FNO2/c1-3-14-7-15-9-4-5-10(8(2)13)11(12)6-9/h4-6,8H,3,7,13H2,1-2H3/t8-/m0/s1. The van der Waals surface area contributed by atoms with Gasteiger partial charge >= 0.3 is 0 Å². The van der Waals surface area contributed by atoms with Gasteiger partial charge in [0.05, 0.1) is 0 Å². The van der Waals surface area contributed by atoms with Crippen molar-refractivity contribution in [2.24, 2.45) is 5.73 Å². The van der Waals surface area contributed by atoms with Gasteiger partial charge in [0.15, 0.2) is 6.79 Å². The number of rotatable bonds is 5. The number of ether oxygens (including phenoxy) is 2. The molecule has 0 unspecified atom stereocenters. The predicted octanol–water partition coefficient (Wildman–Crippen LogP) is 2.22. The molecule has 1 aromatic carbocycles. The van der Waals surface area contributed by atoms with Crippen LogP contribution in [0.15, 0.2) is 18.2 Å². The second kappa shape index (κ2) is 5.68. The molecule has 15 heavy (non-hydrogen) atoms. The number of halogens is 1. The maximum Gasteiger partial charge on any atom is 0.189 e. The summed E-state index contributed by atoms with van der Waals surface area (Å²) in [4.78, 5) is 0. The first-order chi connectivity index (χ1) is 7.15. The Hall–Kier alpha value is -1.13. The molecular weight excluding hydrogens is 197 g/mol. The zero-order valence-corrected chi connectivity index (χ0v) is 9.00. The van der Waals surface area contributed by atoms with Crippen LogP contribution in [0.3, 0.4) is 0 Å². The Morgan fingerprint density at radius 1 is 1.47 bits per heavy atom. The molecule has 0 aromatic heterocycles. The molecule has 0 aliphatic carbocycles. The molecule has 0 spiro atoms. The molecule has 84 valence electrons. The van der Waals surface area contributed by atoms with Crippen molar-refractivity contribution in [2.45, 2.75) is 19.9 Å². The van der Waals surface area contributed by atoms with E-state index in [9.17, 15) is 4.39 Å². The molecule has 0 aliphatic rings. The van der Waals surface area contributed by atoms with E-state index in [4.69, 9.17) is 15.2 Å². The predicted molar refractivity (Wildman–Crippen MR) is 56.1 cm³/mol. The quantitative estimate of drug-likeness (QED) is 0.602. The summed E-state index contributed by atoms with van der Waals surface area (Å²) in [5.41, 5.74) is 6.07. The van der Waals surface area contributed by atoms with E-state index < -0.39 is 0 Å². The van der Waals surface area contributed by atoms with E-state index in [2.05, 4.69) is 0 Å². The maximum atomic E-state index is 13.4. The molecular formula is C11H16FNO2. The van der Waals surface area contributed by atoms with Crippen LogP contribution >= 0.6 is 0 Å². The number of hydrogen-bond acceptors (Lipinski definition) is 3. The van der Waals surface area contributed by atoms with Crippen LogP contribution in [0.2, 0.25) is 0 Å². The zero-order valence-electron chi connectivity index (χ0n) is 9.00. The summed E-state index contributed by atoms with van der Waals surface area (Å²) >= 11 is 0. The molecule has 0 heterocycles. The molecule has 3 nitrogen and oxygen atoms in total. The third-order valence-corrected chi connectivity index (χ3v) is 1.98. The molecule has 1 aromatic rings. The van der Waals surface area contributed by atoms with Crippen molar-refractivity contribution < 1.29 is 13.9 Å². The summed E-state index contributed by atoms with van der Waals surface area (Å²) in [6.45, 7) is 4.30. The summed E-state index contributed by atoms with van der Waals surface area (Å²) < 4.78 is 23.6. The van der Waals surface area contributed by atoms with E-state index in [0.717, 1.165) is 0 Å². The van der Waals surface area contributed by atoms with E-state index in [0.29, 0.717) is 17.9 Å². The van der Waals surface area contributed by atoms with Gasteiger partial charge in [-0.1, -0.05) is 6.07 Å². The number of hydrogen-bond donors (Lipinski definition) is 1. The highest BCUT2D eigenvalue weighted by atomic mass is 19.1. The second-order valence-electron chi connectivity index (χ2n) is 3.23. The second-order valence-corrected chi connectivity index (χ2v) is 3.23. The number of benzene rings is 1. The van der Waals surface area contributed by atoms with Gasteiger partial charge in [0.1, 0.15) is 11.6 Å². The first-order valence-electron chi connectivity index (χ1n) is 4.90. The van der Waals surface area contributed by atoms with Gasteiger partial charge in [-0.3, -0.25) is 0 Å². The summed E-state index contributed by atoms with van der Waals surface area (Å²) in [5, 5.41) is 0. The molecule has 0 saturated carbocycles. The van der Waals surface area contributed by atoms with Crippen molar-refractivity contribution in [1.29, 1.82) is 0 Å². The Bertz CT molecular complexity index is 315. The van der Waals surface area contributed by atoms with Gasteiger partial charge in [0, 0.05) is 24.3 Å². The maximum absolute atomic E-state index is 13.4. The average molecular weight is 213 g/mol.